The summed E-state index contributed by atoms with van der Waals surface area (Å²) >= 11 is 0. The number of rotatable bonds is 4. The highest BCUT2D eigenvalue weighted by Gasteiger charge is 2.30. The number of aryl methyl sites for hydroxylation is 1. The van der Waals surface area contributed by atoms with Gasteiger partial charge < -0.3 is 4.90 Å². The lowest BCUT2D eigenvalue weighted by Gasteiger charge is -2.33. The number of anilines is 2. The van der Waals surface area contributed by atoms with Crippen LogP contribution in [0, 0.1) is 0 Å². The SMILES string of the molecule is c1ccc(P(c2ccccc2)c2ccc3c(c2N2CCc4ccccc42)CCCC3)cc1. The minimum absolute atomic E-state index is 0.629. The van der Waals surface area contributed by atoms with Gasteiger partial charge in [-0.3, -0.25) is 0 Å². The normalized spacial score (nSPS) is 15.0. The molecule has 1 nitrogen and oxygen atoms in total. The van der Waals surface area contributed by atoms with Crippen LogP contribution in [0.2, 0.25) is 0 Å². The summed E-state index contributed by atoms with van der Waals surface area (Å²) in [4.78, 5) is 2.65. The number of para-hydroxylation sites is 1. The number of hydrogen-bond acceptors (Lipinski definition) is 1. The average molecular weight is 434 g/mol. The number of fused-ring (bicyclic) bond motifs is 2. The summed E-state index contributed by atoms with van der Waals surface area (Å²) in [6.45, 7) is 1.08. The third-order valence-corrected chi connectivity index (χ3v) is 9.38. The van der Waals surface area contributed by atoms with E-state index in [4.69, 9.17) is 0 Å². The van der Waals surface area contributed by atoms with Gasteiger partial charge in [0.1, 0.15) is 0 Å². The smallest absolute Gasteiger partial charge is 0.0531 e. The Bertz CT molecular complexity index is 1190. The predicted octanol–water partition coefficient (Wildman–Crippen LogP) is 6.02. The van der Waals surface area contributed by atoms with Crippen molar-refractivity contribution >= 4 is 35.2 Å². The molecule has 6 rings (SSSR count). The summed E-state index contributed by atoms with van der Waals surface area (Å²) in [7, 11) is -0.629. The molecule has 2 heteroatoms. The first kappa shape index (κ1) is 19.8. The van der Waals surface area contributed by atoms with Crippen LogP contribution in [0.25, 0.3) is 0 Å². The van der Waals surface area contributed by atoms with E-state index in [1.165, 1.54) is 58.5 Å². The third-order valence-electron chi connectivity index (χ3n) is 6.91. The predicted molar refractivity (Wildman–Crippen MR) is 139 cm³/mol. The summed E-state index contributed by atoms with van der Waals surface area (Å²) in [5.41, 5.74) is 7.56. The molecule has 0 atom stereocenters. The number of benzene rings is 4. The Morgan fingerprint density at radius 3 is 1.97 bits per heavy atom. The summed E-state index contributed by atoms with van der Waals surface area (Å²) in [6, 6.07) is 36.2. The second kappa shape index (κ2) is 8.57. The van der Waals surface area contributed by atoms with Crippen LogP contribution in [0.15, 0.2) is 97.1 Å². The standard InChI is InChI=1S/C30H28NP/c1-3-13-25(14-4-1)32(26-15-5-2-6-16-26)29-20-19-23-11-7-9-17-27(23)30(29)31-22-21-24-12-8-10-18-28(24)31/h1-6,8,10,12-16,18-20H,7,9,11,17,21-22H2. The second-order valence-electron chi connectivity index (χ2n) is 8.81. The van der Waals surface area contributed by atoms with Crippen molar-refractivity contribution in [2.75, 3.05) is 11.4 Å². The highest BCUT2D eigenvalue weighted by Crippen LogP contribution is 2.44. The Hall–Kier alpha value is -2.89. The van der Waals surface area contributed by atoms with Gasteiger partial charge in [0.2, 0.25) is 0 Å². The molecule has 0 saturated carbocycles. The lowest BCUT2D eigenvalue weighted by atomic mass is 9.90. The molecule has 4 aromatic carbocycles. The number of hydrogen-bond donors (Lipinski definition) is 0. The molecule has 0 bridgehead atoms. The third kappa shape index (κ3) is 3.46. The van der Waals surface area contributed by atoms with E-state index in [0.29, 0.717) is 0 Å². The molecule has 0 amide bonds. The molecule has 1 heterocycles. The van der Waals surface area contributed by atoms with Crippen molar-refractivity contribution in [3.05, 3.63) is 114 Å². The molecular formula is C30H28NP. The molecule has 1 aliphatic carbocycles. The number of nitrogens with zero attached hydrogens (tertiary/aromatic N) is 1. The molecule has 0 N–H and O–H groups in total. The zero-order chi connectivity index (χ0) is 21.3. The van der Waals surface area contributed by atoms with E-state index in [2.05, 4.69) is 102 Å². The van der Waals surface area contributed by atoms with Crippen molar-refractivity contribution in [1.82, 2.24) is 0 Å². The van der Waals surface area contributed by atoms with E-state index >= 15 is 0 Å². The zero-order valence-corrected chi connectivity index (χ0v) is 19.3. The molecule has 158 valence electrons. The first-order valence-corrected chi connectivity index (χ1v) is 13.1. The van der Waals surface area contributed by atoms with Crippen molar-refractivity contribution in [3.8, 4) is 0 Å². The highest BCUT2D eigenvalue weighted by molar-refractivity contribution is 7.80. The van der Waals surface area contributed by atoms with Crippen LogP contribution in [0.5, 0.6) is 0 Å². The fourth-order valence-corrected chi connectivity index (χ4v) is 7.92. The van der Waals surface area contributed by atoms with Gasteiger partial charge >= 0.3 is 0 Å². The largest absolute Gasteiger partial charge is 0.340 e. The summed E-state index contributed by atoms with van der Waals surface area (Å²) < 4.78 is 0. The molecular weight excluding hydrogens is 405 g/mol. The Balaban J connectivity index is 1.61. The highest BCUT2D eigenvalue weighted by atomic mass is 31.1. The van der Waals surface area contributed by atoms with Crippen molar-refractivity contribution in [2.45, 2.75) is 32.1 Å². The van der Waals surface area contributed by atoms with Crippen LogP contribution in [0.4, 0.5) is 11.4 Å². The van der Waals surface area contributed by atoms with Crippen LogP contribution in [0.3, 0.4) is 0 Å². The zero-order valence-electron chi connectivity index (χ0n) is 18.4. The van der Waals surface area contributed by atoms with E-state index in [1.54, 1.807) is 11.1 Å². The first-order valence-electron chi connectivity index (χ1n) is 11.8. The maximum Gasteiger partial charge on any atom is 0.0531 e. The summed E-state index contributed by atoms with van der Waals surface area (Å²) in [5.74, 6) is 0. The Kier molecular flexibility index (Phi) is 5.29. The van der Waals surface area contributed by atoms with Crippen LogP contribution in [-0.2, 0) is 19.3 Å². The lowest BCUT2D eigenvalue weighted by molar-refractivity contribution is 0.685. The van der Waals surface area contributed by atoms with Gasteiger partial charge in [0, 0.05) is 17.5 Å². The molecule has 1 aliphatic heterocycles. The van der Waals surface area contributed by atoms with Gasteiger partial charge in [-0.2, -0.15) is 0 Å². The van der Waals surface area contributed by atoms with Crippen LogP contribution >= 0.6 is 7.92 Å². The van der Waals surface area contributed by atoms with Gasteiger partial charge in [0.05, 0.1) is 5.69 Å². The molecule has 0 fully saturated rings. The van der Waals surface area contributed by atoms with Crippen molar-refractivity contribution in [1.29, 1.82) is 0 Å². The maximum absolute atomic E-state index is 2.65. The molecule has 0 saturated heterocycles. The first-order chi connectivity index (χ1) is 15.9. The molecule has 0 radical (unpaired) electrons. The minimum atomic E-state index is -0.629. The van der Waals surface area contributed by atoms with E-state index in [0.717, 1.165) is 13.0 Å². The molecule has 2 aliphatic rings. The minimum Gasteiger partial charge on any atom is -0.340 e. The van der Waals surface area contributed by atoms with Crippen LogP contribution < -0.4 is 20.8 Å². The molecule has 4 aromatic rings. The Labute approximate surface area is 192 Å². The van der Waals surface area contributed by atoms with E-state index < -0.39 is 7.92 Å². The van der Waals surface area contributed by atoms with Crippen molar-refractivity contribution in [2.24, 2.45) is 0 Å². The monoisotopic (exact) mass is 433 g/mol. The fraction of sp³-hybridized carbons (Fsp3) is 0.200. The second-order valence-corrected chi connectivity index (χ2v) is 11.0. The van der Waals surface area contributed by atoms with E-state index in [9.17, 15) is 0 Å². The van der Waals surface area contributed by atoms with Gasteiger partial charge in [0.25, 0.3) is 0 Å². The Morgan fingerprint density at radius 2 is 1.22 bits per heavy atom. The maximum atomic E-state index is 2.65. The van der Waals surface area contributed by atoms with Gasteiger partial charge in [-0.1, -0.05) is 91.0 Å². The van der Waals surface area contributed by atoms with E-state index in [1.807, 2.05) is 0 Å². The summed E-state index contributed by atoms with van der Waals surface area (Å²) in [5, 5.41) is 4.37. The van der Waals surface area contributed by atoms with Gasteiger partial charge in [-0.05, 0) is 73.4 Å². The Morgan fingerprint density at radius 1 is 0.562 bits per heavy atom. The van der Waals surface area contributed by atoms with Gasteiger partial charge in [0.15, 0.2) is 0 Å². The molecule has 0 aromatic heterocycles. The van der Waals surface area contributed by atoms with Crippen LogP contribution in [0.1, 0.15) is 29.5 Å². The summed E-state index contributed by atoms with van der Waals surface area (Å²) in [6.07, 6.45) is 6.16. The molecule has 0 spiro atoms. The van der Waals surface area contributed by atoms with E-state index in [-0.39, 0.29) is 0 Å². The van der Waals surface area contributed by atoms with Crippen molar-refractivity contribution < 1.29 is 0 Å². The molecule has 0 unspecified atom stereocenters. The lowest BCUT2D eigenvalue weighted by Crippen LogP contribution is -2.29. The fourth-order valence-electron chi connectivity index (χ4n) is 5.43. The van der Waals surface area contributed by atoms with Crippen molar-refractivity contribution in [3.63, 3.8) is 0 Å². The average Bonchev–Trinajstić information content (AvgIpc) is 3.29. The quantitative estimate of drug-likeness (QED) is 0.356. The topological polar surface area (TPSA) is 3.24 Å². The van der Waals surface area contributed by atoms with Crippen LogP contribution in [-0.4, -0.2) is 6.54 Å². The molecule has 32 heavy (non-hydrogen) atoms. The van der Waals surface area contributed by atoms with Gasteiger partial charge in [-0.15, -0.1) is 0 Å². The van der Waals surface area contributed by atoms with Gasteiger partial charge in [-0.25, -0.2) is 0 Å².